The van der Waals surface area contributed by atoms with E-state index >= 15 is 0 Å². The van der Waals surface area contributed by atoms with Gasteiger partial charge in [0.2, 0.25) is 0 Å². The second-order valence-electron chi connectivity index (χ2n) is 4.68. The Labute approximate surface area is 108 Å². The maximum Gasteiger partial charge on any atom is 0.124 e. The van der Waals surface area contributed by atoms with Gasteiger partial charge in [-0.2, -0.15) is 0 Å². The van der Waals surface area contributed by atoms with Gasteiger partial charge in [0.15, 0.2) is 0 Å². The van der Waals surface area contributed by atoms with Gasteiger partial charge < -0.3 is 10.6 Å². The van der Waals surface area contributed by atoms with Gasteiger partial charge in [-0.15, -0.1) is 0 Å². The van der Waals surface area contributed by atoms with E-state index in [4.69, 9.17) is 22.7 Å². The van der Waals surface area contributed by atoms with E-state index in [9.17, 15) is 0 Å². The van der Waals surface area contributed by atoms with Crippen LogP contribution in [0.2, 0.25) is 5.02 Å². The van der Waals surface area contributed by atoms with Crippen LogP contribution in [-0.2, 0) is 0 Å². The predicted molar refractivity (Wildman–Crippen MR) is 75.2 cm³/mol. The van der Waals surface area contributed by atoms with Crippen molar-refractivity contribution < 1.29 is 0 Å². The van der Waals surface area contributed by atoms with Crippen LogP contribution in [0.1, 0.15) is 25.8 Å². The normalized spacial score (nSPS) is 10.6. The molecule has 0 aromatic heterocycles. The molecule has 1 aromatic carbocycles. The number of nitrogens with zero attached hydrogens (tertiary/aromatic N) is 1. The smallest absolute Gasteiger partial charge is 0.124 e. The number of rotatable bonds is 5. The monoisotopic (exact) mass is 253 g/mol. The minimum atomic E-state index is 0.0769. The Balaban J connectivity index is 2.94. The van der Waals surface area contributed by atoms with Crippen LogP contribution in [0.5, 0.6) is 0 Å². The molecule has 0 unspecified atom stereocenters. The predicted octanol–water partition coefficient (Wildman–Crippen LogP) is 3.11. The van der Waals surface area contributed by atoms with Crippen LogP contribution in [0.4, 0.5) is 5.69 Å². The van der Waals surface area contributed by atoms with Crippen molar-refractivity contribution >= 4 is 23.1 Å². The second kappa shape index (κ2) is 5.92. The summed E-state index contributed by atoms with van der Waals surface area (Å²) in [6.45, 7) is 5.31. The fraction of sp³-hybridized carbons (Fsp3) is 0.462. The molecule has 3 nitrogen and oxygen atoms in total. The van der Waals surface area contributed by atoms with Crippen molar-refractivity contribution in [3.05, 3.63) is 28.8 Å². The minimum absolute atomic E-state index is 0.0769. The lowest BCUT2D eigenvalue weighted by molar-refractivity contribution is 0.585. The summed E-state index contributed by atoms with van der Waals surface area (Å²) in [7, 11) is 2.00. The van der Waals surface area contributed by atoms with Crippen LogP contribution < -0.4 is 10.6 Å². The summed E-state index contributed by atoms with van der Waals surface area (Å²) in [5.41, 5.74) is 7.23. The minimum Gasteiger partial charge on any atom is -0.384 e. The fourth-order valence-corrected chi connectivity index (χ4v) is 1.79. The topological polar surface area (TPSA) is 53.1 Å². The van der Waals surface area contributed by atoms with Gasteiger partial charge >= 0.3 is 0 Å². The molecule has 0 saturated carbocycles. The van der Waals surface area contributed by atoms with Crippen molar-refractivity contribution in [3.8, 4) is 0 Å². The van der Waals surface area contributed by atoms with Crippen LogP contribution in [0.25, 0.3) is 0 Å². The molecule has 17 heavy (non-hydrogen) atoms. The molecule has 3 N–H and O–H groups in total. The highest BCUT2D eigenvalue weighted by atomic mass is 35.5. The Morgan fingerprint density at radius 1 is 1.47 bits per heavy atom. The SMILES string of the molecule is CC(C)CCN(C)c1cc(Cl)ccc1C(=N)N. The number of nitrogens with one attached hydrogen (secondary N) is 1. The molecule has 0 radical (unpaired) electrons. The lowest BCUT2D eigenvalue weighted by Gasteiger charge is -2.23. The molecular weight excluding hydrogens is 234 g/mol. The molecule has 1 aromatic rings. The van der Waals surface area contributed by atoms with E-state index in [1.165, 1.54) is 0 Å². The Bertz CT molecular complexity index is 402. The summed E-state index contributed by atoms with van der Waals surface area (Å²) < 4.78 is 0. The first-order chi connectivity index (χ1) is 7.91. The van der Waals surface area contributed by atoms with Crippen molar-refractivity contribution in [2.45, 2.75) is 20.3 Å². The number of nitrogens with two attached hydrogens (primary N) is 1. The van der Waals surface area contributed by atoms with E-state index < -0.39 is 0 Å². The van der Waals surface area contributed by atoms with E-state index in [0.717, 1.165) is 24.2 Å². The third-order valence-electron chi connectivity index (χ3n) is 2.70. The van der Waals surface area contributed by atoms with Gasteiger partial charge in [-0.25, -0.2) is 0 Å². The first-order valence-corrected chi connectivity index (χ1v) is 6.14. The van der Waals surface area contributed by atoms with Crippen LogP contribution in [0, 0.1) is 11.3 Å². The molecule has 0 spiro atoms. The van der Waals surface area contributed by atoms with E-state index in [0.29, 0.717) is 10.9 Å². The number of hydrogen-bond donors (Lipinski definition) is 2. The summed E-state index contributed by atoms with van der Waals surface area (Å²) in [5.74, 6) is 0.727. The Morgan fingerprint density at radius 2 is 2.12 bits per heavy atom. The molecule has 0 bridgehead atoms. The lowest BCUT2D eigenvalue weighted by atomic mass is 10.1. The lowest BCUT2D eigenvalue weighted by Crippen LogP contribution is -2.24. The van der Waals surface area contributed by atoms with Gasteiger partial charge in [0.1, 0.15) is 5.84 Å². The number of nitrogen functional groups attached to an aromatic ring is 1. The van der Waals surface area contributed by atoms with Crippen molar-refractivity contribution in [1.82, 2.24) is 0 Å². The quantitative estimate of drug-likeness (QED) is 0.626. The van der Waals surface area contributed by atoms with Gasteiger partial charge in [-0.3, -0.25) is 5.41 Å². The third kappa shape index (κ3) is 3.93. The summed E-state index contributed by atoms with van der Waals surface area (Å²) >= 11 is 5.99. The number of hydrogen-bond acceptors (Lipinski definition) is 2. The third-order valence-corrected chi connectivity index (χ3v) is 2.94. The molecular formula is C13H20ClN3. The largest absolute Gasteiger partial charge is 0.384 e. The molecule has 0 atom stereocenters. The summed E-state index contributed by atoms with van der Waals surface area (Å²) in [5, 5.41) is 8.23. The average molecular weight is 254 g/mol. The second-order valence-corrected chi connectivity index (χ2v) is 5.12. The Kier molecular flexibility index (Phi) is 4.82. The average Bonchev–Trinajstić information content (AvgIpc) is 2.25. The van der Waals surface area contributed by atoms with Gasteiger partial charge in [0, 0.05) is 29.9 Å². The van der Waals surface area contributed by atoms with E-state index in [1.807, 2.05) is 13.1 Å². The van der Waals surface area contributed by atoms with E-state index in [1.54, 1.807) is 12.1 Å². The maximum absolute atomic E-state index is 7.56. The molecule has 0 amide bonds. The highest BCUT2D eigenvalue weighted by molar-refractivity contribution is 6.31. The molecule has 94 valence electrons. The Morgan fingerprint density at radius 3 is 2.65 bits per heavy atom. The van der Waals surface area contributed by atoms with Gasteiger partial charge in [-0.1, -0.05) is 25.4 Å². The first-order valence-electron chi connectivity index (χ1n) is 5.77. The number of benzene rings is 1. The van der Waals surface area contributed by atoms with Gasteiger partial charge in [-0.05, 0) is 30.5 Å². The number of amidine groups is 1. The molecule has 0 fully saturated rings. The zero-order valence-corrected chi connectivity index (χ0v) is 11.4. The van der Waals surface area contributed by atoms with Crippen LogP contribution in [0.3, 0.4) is 0 Å². The summed E-state index contributed by atoms with van der Waals surface area (Å²) in [4.78, 5) is 2.10. The number of anilines is 1. The molecule has 0 aliphatic heterocycles. The molecule has 0 aliphatic rings. The molecule has 0 aliphatic carbocycles. The van der Waals surface area contributed by atoms with Gasteiger partial charge in [0.05, 0.1) is 0 Å². The highest BCUT2D eigenvalue weighted by Crippen LogP contribution is 2.24. The van der Waals surface area contributed by atoms with Crippen molar-refractivity contribution in [2.24, 2.45) is 11.7 Å². The van der Waals surface area contributed by atoms with Crippen molar-refractivity contribution in [1.29, 1.82) is 5.41 Å². The maximum atomic E-state index is 7.56. The fourth-order valence-electron chi connectivity index (χ4n) is 1.62. The summed E-state index contributed by atoms with van der Waals surface area (Å²) in [6.07, 6.45) is 1.10. The van der Waals surface area contributed by atoms with Gasteiger partial charge in [0.25, 0.3) is 0 Å². The standard InChI is InChI=1S/C13H20ClN3/c1-9(2)6-7-17(3)12-8-10(14)4-5-11(12)13(15)16/h4-5,8-9H,6-7H2,1-3H3,(H3,15,16). The zero-order chi connectivity index (χ0) is 13.0. The van der Waals surface area contributed by atoms with Crippen molar-refractivity contribution in [3.63, 3.8) is 0 Å². The van der Waals surface area contributed by atoms with E-state index in [-0.39, 0.29) is 5.84 Å². The van der Waals surface area contributed by atoms with Crippen LogP contribution >= 0.6 is 11.6 Å². The molecule has 1 rings (SSSR count). The van der Waals surface area contributed by atoms with E-state index in [2.05, 4.69) is 18.7 Å². The summed E-state index contributed by atoms with van der Waals surface area (Å²) in [6, 6.07) is 5.42. The highest BCUT2D eigenvalue weighted by Gasteiger charge is 2.10. The van der Waals surface area contributed by atoms with Crippen LogP contribution in [-0.4, -0.2) is 19.4 Å². The molecule has 0 heterocycles. The first kappa shape index (κ1) is 13.8. The number of halogens is 1. The molecule has 4 heteroatoms. The van der Waals surface area contributed by atoms with Crippen LogP contribution in [0.15, 0.2) is 18.2 Å². The zero-order valence-electron chi connectivity index (χ0n) is 10.6. The van der Waals surface area contributed by atoms with Crippen molar-refractivity contribution in [2.75, 3.05) is 18.5 Å². The Hall–Kier alpha value is -1.22. The molecule has 0 saturated heterocycles.